The minimum absolute atomic E-state index is 0.0731. The molecule has 0 heterocycles. The molecule has 0 spiro atoms. The zero-order chi connectivity index (χ0) is 13.9. The third kappa shape index (κ3) is 3.62. The number of carbonyl (C=O) groups is 1. The zero-order valence-corrected chi connectivity index (χ0v) is 11.5. The minimum Gasteiger partial charge on any atom is -0.492 e. The first kappa shape index (κ1) is 14.8. The summed E-state index contributed by atoms with van der Waals surface area (Å²) in [7, 11) is 0. The first-order valence-electron chi connectivity index (χ1n) is 5.65. The lowest BCUT2D eigenvalue weighted by Gasteiger charge is -2.21. The highest BCUT2D eigenvalue weighted by molar-refractivity contribution is 6.30. The lowest BCUT2D eigenvalue weighted by molar-refractivity contribution is -0.148. The van der Waals surface area contributed by atoms with E-state index in [1.807, 2.05) is 6.92 Å². The summed E-state index contributed by atoms with van der Waals surface area (Å²) in [6.45, 7) is 5.11. The zero-order valence-electron chi connectivity index (χ0n) is 10.7. The van der Waals surface area contributed by atoms with Crippen LogP contribution in [0.5, 0.6) is 5.75 Å². The van der Waals surface area contributed by atoms with Crippen molar-refractivity contribution >= 4 is 17.6 Å². The second-order valence-corrected chi connectivity index (χ2v) is 5.38. The third-order valence-corrected chi connectivity index (χ3v) is 2.86. The number of hydrogen-bond acceptors (Lipinski definition) is 3. The van der Waals surface area contributed by atoms with Gasteiger partial charge in [0.2, 0.25) is 0 Å². The van der Waals surface area contributed by atoms with Crippen LogP contribution in [-0.4, -0.2) is 17.7 Å². The molecule has 0 saturated carbocycles. The summed E-state index contributed by atoms with van der Waals surface area (Å²) in [6.07, 6.45) is 0. The molecule has 1 aromatic carbocycles. The summed E-state index contributed by atoms with van der Waals surface area (Å²) in [4.78, 5) is 11.0. The van der Waals surface area contributed by atoms with E-state index in [1.54, 1.807) is 32.0 Å². The van der Waals surface area contributed by atoms with Gasteiger partial charge in [0.15, 0.2) is 0 Å². The number of benzene rings is 1. The number of halogens is 1. The van der Waals surface area contributed by atoms with E-state index in [9.17, 15) is 4.79 Å². The van der Waals surface area contributed by atoms with Gasteiger partial charge in [-0.1, -0.05) is 11.6 Å². The van der Waals surface area contributed by atoms with Crippen LogP contribution in [0.3, 0.4) is 0 Å². The lowest BCUT2D eigenvalue weighted by atomic mass is 9.95. The summed E-state index contributed by atoms with van der Waals surface area (Å²) < 4.78 is 5.56. The van der Waals surface area contributed by atoms with Gasteiger partial charge < -0.3 is 15.6 Å². The van der Waals surface area contributed by atoms with Crippen LogP contribution < -0.4 is 10.5 Å². The van der Waals surface area contributed by atoms with Crippen LogP contribution in [0.1, 0.15) is 32.4 Å². The van der Waals surface area contributed by atoms with Crippen LogP contribution in [0.25, 0.3) is 0 Å². The van der Waals surface area contributed by atoms with E-state index >= 15 is 0 Å². The molecule has 3 N–H and O–H groups in total. The van der Waals surface area contributed by atoms with Crippen molar-refractivity contribution in [1.29, 1.82) is 0 Å². The minimum atomic E-state index is -0.950. The maximum Gasteiger partial charge on any atom is 0.312 e. The van der Waals surface area contributed by atoms with Gasteiger partial charge >= 0.3 is 5.97 Å². The molecule has 0 fully saturated rings. The first-order valence-corrected chi connectivity index (χ1v) is 6.03. The molecular weight excluding hydrogens is 254 g/mol. The molecule has 1 aromatic rings. The van der Waals surface area contributed by atoms with Crippen molar-refractivity contribution in [2.75, 3.05) is 6.61 Å². The molecular formula is C13H18ClNO3. The van der Waals surface area contributed by atoms with Gasteiger partial charge in [-0.25, -0.2) is 0 Å². The second-order valence-electron chi connectivity index (χ2n) is 4.95. The summed E-state index contributed by atoms with van der Waals surface area (Å²) in [5.74, 6) is -0.331. The Hall–Kier alpha value is -1.26. The van der Waals surface area contributed by atoms with Gasteiger partial charge in [0, 0.05) is 16.6 Å². The predicted molar refractivity (Wildman–Crippen MR) is 71.0 cm³/mol. The van der Waals surface area contributed by atoms with Gasteiger partial charge in [-0.05, 0) is 39.0 Å². The van der Waals surface area contributed by atoms with Gasteiger partial charge in [-0.3, -0.25) is 4.79 Å². The normalized spacial score (nSPS) is 13.2. The summed E-state index contributed by atoms with van der Waals surface area (Å²) in [5, 5.41) is 9.59. The van der Waals surface area contributed by atoms with Crippen molar-refractivity contribution < 1.29 is 14.6 Å². The van der Waals surface area contributed by atoms with E-state index in [4.69, 9.17) is 27.2 Å². The smallest absolute Gasteiger partial charge is 0.312 e. The van der Waals surface area contributed by atoms with Crippen molar-refractivity contribution in [1.82, 2.24) is 0 Å². The van der Waals surface area contributed by atoms with Crippen molar-refractivity contribution in [2.24, 2.45) is 11.1 Å². The fourth-order valence-electron chi connectivity index (χ4n) is 1.33. The predicted octanol–water partition coefficient (Wildman–Crippen LogP) is 2.85. The Bertz CT molecular complexity index is 444. The van der Waals surface area contributed by atoms with Gasteiger partial charge in [0.05, 0.1) is 5.41 Å². The van der Waals surface area contributed by atoms with Gasteiger partial charge in [-0.15, -0.1) is 0 Å². The molecule has 0 aliphatic rings. The number of carboxylic acids is 1. The number of carboxylic acid groups (broad SMARTS) is 1. The highest BCUT2D eigenvalue weighted by atomic mass is 35.5. The van der Waals surface area contributed by atoms with Crippen LogP contribution in [0.15, 0.2) is 18.2 Å². The Morgan fingerprint density at radius 3 is 2.67 bits per heavy atom. The van der Waals surface area contributed by atoms with Crippen LogP contribution in [-0.2, 0) is 4.79 Å². The largest absolute Gasteiger partial charge is 0.492 e. The Kier molecular flexibility index (Phi) is 4.59. The third-order valence-electron chi connectivity index (χ3n) is 2.63. The highest BCUT2D eigenvalue weighted by Gasteiger charge is 2.28. The molecule has 0 aliphatic heterocycles. The maximum atomic E-state index is 11.0. The van der Waals surface area contributed by atoms with Crippen molar-refractivity contribution in [3.8, 4) is 5.75 Å². The molecule has 0 saturated heterocycles. The average molecular weight is 272 g/mol. The SMILES string of the molecule is C[C@H](N)c1cc(Cl)ccc1OCC(C)(C)C(=O)O. The number of aliphatic carboxylic acids is 1. The molecule has 0 radical (unpaired) electrons. The monoisotopic (exact) mass is 271 g/mol. The van der Waals surface area contributed by atoms with Crippen LogP contribution in [0.4, 0.5) is 0 Å². The Morgan fingerprint density at radius 1 is 1.56 bits per heavy atom. The van der Waals surface area contributed by atoms with Crippen LogP contribution >= 0.6 is 11.6 Å². The maximum absolute atomic E-state index is 11.0. The molecule has 100 valence electrons. The molecule has 0 unspecified atom stereocenters. The summed E-state index contributed by atoms with van der Waals surface area (Å²) in [5.41, 5.74) is 5.65. The number of ether oxygens (including phenoxy) is 1. The Balaban J connectivity index is 2.88. The van der Waals surface area contributed by atoms with E-state index in [-0.39, 0.29) is 12.6 Å². The fraction of sp³-hybridized carbons (Fsp3) is 0.462. The second kappa shape index (κ2) is 5.59. The number of nitrogens with two attached hydrogens (primary N) is 1. The van der Waals surface area contributed by atoms with Crippen LogP contribution in [0.2, 0.25) is 5.02 Å². The number of rotatable bonds is 5. The van der Waals surface area contributed by atoms with E-state index in [2.05, 4.69) is 0 Å². The van der Waals surface area contributed by atoms with Crippen molar-refractivity contribution in [3.05, 3.63) is 28.8 Å². The van der Waals surface area contributed by atoms with Gasteiger partial charge in [-0.2, -0.15) is 0 Å². The van der Waals surface area contributed by atoms with E-state index in [0.717, 1.165) is 5.56 Å². The summed E-state index contributed by atoms with van der Waals surface area (Å²) in [6, 6.07) is 4.90. The highest BCUT2D eigenvalue weighted by Crippen LogP contribution is 2.28. The van der Waals surface area contributed by atoms with Crippen molar-refractivity contribution in [3.63, 3.8) is 0 Å². The van der Waals surface area contributed by atoms with E-state index < -0.39 is 11.4 Å². The molecule has 5 heteroatoms. The average Bonchev–Trinajstić information content (AvgIpc) is 2.27. The van der Waals surface area contributed by atoms with E-state index in [0.29, 0.717) is 10.8 Å². The Morgan fingerprint density at radius 2 is 2.17 bits per heavy atom. The van der Waals surface area contributed by atoms with Crippen LogP contribution in [0, 0.1) is 5.41 Å². The quantitative estimate of drug-likeness (QED) is 0.864. The fourth-order valence-corrected chi connectivity index (χ4v) is 1.51. The van der Waals surface area contributed by atoms with E-state index in [1.165, 1.54) is 0 Å². The van der Waals surface area contributed by atoms with Gasteiger partial charge in [0.25, 0.3) is 0 Å². The molecule has 0 aliphatic carbocycles. The van der Waals surface area contributed by atoms with Gasteiger partial charge in [0.1, 0.15) is 12.4 Å². The van der Waals surface area contributed by atoms with Crippen molar-refractivity contribution in [2.45, 2.75) is 26.8 Å². The molecule has 0 amide bonds. The molecule has 0 bridgehead atoms. The molecule has 4 nitrogen and oxygen atoms in total. The Labute approximate surface area is 112 Å². The first-order chi connectivity index (χ1) is 8.24. The lowest BCUT2D eigenvalue weighted by Crippen LogP contribution is -2.31. The number of hydrogen-bond donors (Lipinski definition) is 2. The topological polar surface area (TPSA) is 72.5 Å². The molecule has 1 rings (SSSR count). The molecule has 18 heavy (non-hydrogen) atoms. The molecule has 1 atom stereocenters. The summed E-state index contributed by atoms with van der Waals surface area (Å²) >= 11 is 5.90. The standard InChI is InChI=1S/C13H18ClNO3/c1-8(15)10-6-9(14)4-5-11(10)18-7-13(2,3)12(16)17/h4-6,8H,7,15H2,1-3H3,(H,16,17)/t8-/m0/s1. The molecule has 0 aromatic heterocycles.